The zero-order valence-corrected chi connectivity index (χ0v) is 13.6. The van der Waals surface area contributed by atoms with Crippen molar-refractivity contribution in [2.45, 2.75) is 0 Å². The molecule has 2 aromatic heterocycles. The molecule has 0 aliphatic rings. The highest BCUT2D eigenvalue weighted by molar-refractivity contribution is 5.99. The molecule has 0 unspecified atom stereocenters. The Morgan fingerprint density at radius 3 is 2.00 bits per heavy atom. The van der Waals surface area contributed by atoms with Gasteiger partial charge < -0.3 is 18.6 Å². The third-order valence-electron chi connectivity index (χ3n) is 4.22. The SMILES string of the molecule is COc1ccc2c(-n3cccc3)c(OC)cc(-n3cccc3)c2c1. The number of aromatic nitrogens is 2. The van der Waals surface area contributed by atoms with Crippen molar-refractivity contribution in [3.8, 4) is 22.9 Å². The number of methoxy groups -OCH3 is 2. The summed E-state index contributed by atoms with van der Waals surface area (Å²) in [6.07, 6.45) is 8.11. The Morgan fingerprint density at radius 1 is 0.708 bits per heavy atom. The van der Waals surface area contributed by atoms with Crippen LogP contribution in [0.5, 0.6) is 11.5 Å². The number of nitrogens with zero attached hydrogens (tertiary/aromatic N) is 2. The Bertz CT molecular complexity index is 971. The topological polar surface area (TPSA) is 28.3 Å². The maximum atomic E-state index is 5.71. The highest BCUT2D eigenvalue weighted by Crippen LogP contribution is 2.37. The number of benzene rings is 2. The molecule has 4 aromatic rings. The van der Waals surface area contributed by atoms with E-state index in [0.717, 1.165) is 33.6 Å². The monoisotopic (exact) mass is 318 g/mol. The van der Waals surface area contributed by atoms with Crippen molar-refractivity contribution in [1.82, 2.24) is 9.13 Å². The zero-order valence-electron chi connectivity index (χ0n) is 13.6. The molecular weight excluding hydrogens is 300 g/mol. The maximum absolute atomic E-state index is 5.71. The van der Waals surface area contributed by atoms with E-state index in [1.807, 2.05) is 55.1 Å². The van der Waals surface area contributed by atoms with Crippen LogP contribution in [0.4, 0.5) is 0 Å². The molecule has 0 saturated carbocycles. The fraction of sp³-hybridized carbons (Fsp3) is 0.100. The third kappa shape index (κ3) is 2.24. The van der Waals surface area contributed by atoms with Crippen molar-refractivity contribution in [2.24, 2.45) is 0 Å². The average molecular weight is 318 g/mol. The summed E-state index contributed by atoms with van der Waals surface area (Å²) in [5.41, 5.74) is 2.08. The molecule has 0 aliphatic carbocycles. The summed E-state index contributed by atoms with van der Waals surface area (Å²) in [7, 11) is 3.39. The van der Waals surface area contributed by atoms with Crippen molar-refractivity contribution in [3.63, 3.8) is 0 Å². The molecule has 4 rings (SSSR count). The molecule has 0 radical (unpaired) electrons. The van der Waals surface area contributed by atoms with E-state index in [4.69, 9.17) is 9.47 Å². The van der Waals surface area contributed by atoms with Crippen LogP contribution in [0.25, 0.3) is 22.1 Å². The molecule has 0 bridgehead atoms. The normalized spacial score (nSPS) is 10.9. The lowest BCUT2D eigenvalue weighted by molar-refractivity contribution is 0.413. The number of ether oxygens (including phenoxy) is 2. The van der Waals surface area contributed by atoms with Crippen molar-refractivity contribution >= 4 is 10.8 Å². The molecule has 0 amide bonds. The van der Waals surface area contributed by atoms with Gasteiger partial charge in [-0.2, -0.15) is 0 Å². The Balaban J connectivity index is 2.12. The van der Waals surface area contributed by atoms with E-state index >= 15 is 0 Å². The van der Waals surface area contributed by atoms with Gasteiger partial charge in [0.1, 0.15) is 11.5 Å². The van der Waals surface area contributed by atoms with Gasteiger partial charge in [-0.25, -0.2) is 0 Å². The zero-order chi connectivity index (χ0) is 16.5. The molecule has 2 heterocycles. The summed E-state index contributed by atoms with van der Waals surface area (Å²) in [5.74, 6) is 1.66. The van der Waals surface area contributed by atoms with E-state index in [2.05, 4.69) is 27.3 Å². The van der Waals surface area contributed by atoms with Gasteiger partial charge in [-0.05, 0) is 42.5 Å². The molecule has 24 heavy (non-hydrogen) atoms. The van der Waals surface area contributed by atoms with Crippen molar-refractivity contribution in [3.05, 3.63) is 73.3 Å². The summed E-state index contributed by atoms with van der Waals surface area (Å²) >= 11 is 0. The lowest BCUT2D eigenvalue weighted by Crippen LogP contribution is -2.01. The second-order valence-corrected chi connectivity index (χ2v) is 5.54. The number of hydrogen-bond acceptors (Lipinski definition) is 2. The van der Waals surface area contributed by atoms with Gasteiger partial charge >= 0.3 is 0 Å². The van der Waals surface area contributed by atoms with Crippen molar-refractivity contribution < 1.29 is 9.47 Å². The van der Waals surface area contributed by atoms with Crippen LogP contribution < -0.4 is 9.47 Å². The van der Waals surface area contributed by atoms with Crippen LogP contribution in [-0.4, -0.2) is 23.4 Å². The first-order chi connectivity index (χ1) is 11.8. The number of fused-ring (bicyclic) bond motifs is 1. The first-order valence-electron chi connectivity index (χ1n) is 7.77. The Hall–Kier alpha value is -3.14. The van der Waals surface area contributed by atoms with Crippen LogP contribution in [0.2, 0.25) is 0 Å². The minimum absolute atomic E-state index is 0.826. The number of rotatable bonds is 4. The minimum atomic E-state index is 0.826. The summed E-state index contributed by atoms with van der Waals surface area (Å²) < 4.78 is 15.3. The van der Waals surface area contributed by atoms with Gasteiger partial charge in [0.2, 0.25) is 0 Å². The van der Waals surface area contributed by atoms with E-state index < -0.39 is 0 Å². The van der Waals surface area contributed by atoms with Crippen molar-refractivity contribution in [1.29, 1.82) is 0 Å². The Labute approximate surface area is 140 Å². The van der Waals surface area contributed by atoms with Crippen LogP contribution >= 0.6 is 0 Å². The van der Waals surface area contributed by atoms with Crippen LogP contribution in [0.3, 0.4) is 0 Å². The van der Waals surface area contributed by atoms with Gasteiger partial charge in [0.25, 0.3) is 0 Å². The van der Waals surface area contributed by atoms with E-state index in [1.54, 1.807) is 14.2 Å². The van der Waals surface area contributed by atoms with Gasteiger partial charge in [0.05, 0.1) is 25.6 Å². The summed E-state index contributed by atoms with van der Waals surface area (Å²) in [4.78, 5) is 0. The molecule has 2 aromatic carbocycles. The van der Waals surface area contributed by atoms with E-state index in [9.17, 15) is 0 Å². The van der Waals surface area contributed by atoms with E-state index in [0.29, 0.717) is 0 Å². The minimum Gasteiger partial charge on any atom is -0.497 e. The van der Waals surface area contributed by atoms with Gasteiger partial charge in [-0.1, -0.05) is 0 Å². The molecular formula is C20H18N2O2. The molecule has 0 aliphatic heterocycles. The summed E-state index contributed by atoms with van der Waals surface area (Å²) in [6, 6.07) is 16.2. The molecule has 0 saturated heterocycles. The average Bonchev–Trinajstić information content (AvgIpc) is 3.33. The second-order valence-electron chi connectivity index (χ2n) is 5.54. The lowest BCUT2D eigenvalue weighted by atomic mass is 10.0. The van der Waals surface area contributed by atoms with Crippen LogP contribution in [-0.2, 0) is 0 Å². The van der Waals surface area contributed by atoms with E-state index in [-0.39, 0.29) is 0 Å². The lowest BCUT2D eigenvalue weighted by Gasteiger charge is -2.18. The molecule has 0 N–H and O–H groups in total. The Morgan fingerprint density at radius 2 is 1.38 bits per heavy atom. The summed E-state index contributed by atoms with van der Waals surface area (Å²) in [5, 5.41) is 2.21. The highest BCUT2D eigenvalue weighted by Gasteiger charge is 2.15. The maximum Gasteiger partial charge on any atom is 0.145 e. The molecule has 120 valence electrons. The van der Waals surface area contributed by atoms with E-state index in [1.165, 1.54) is 0 Å². The quantitative estimate of drug-likeness (QED) is 0.556. The molecule has 4 nitrogen and oxygen atoms in total. The first-order valence-corrected chi connectivity index (χ1v) is 7.77. The van der Waals surface area contributed by atoms with Crippen LogP contribution in [0.15, 0.2) is 73.3 Å². The predicted octanol–water partition coefficient (Wildman–Crippen LogP) is 4.44. The van der Waals surface area contributed by atoms with Crippen LogP contribution in [0, 0.1) is 0 Å². The molecule has 0 fully saturated rings. The second kappa shape index (κ2) is 5.81. The van der Waals surface area contributed by atoms with Crippen molar-refractivity contribution in [2.75, 3.05) is 14.2 Å². The smallest absolute Gasteiger partial charge is 0.145 e. The van der Waals surface area contributed by atoms with Crippen LogP contribution in [0.1, 0.15) is 0 Å². The van der Waals surface area contributed by atoms with Gasteiger partial charge in [-0.15, -0.1) is 0 Å². The highest BCUT2D eigenvalue weighted by atomic mass is 16.5. The largest absolute Gasteiger partial charge is 0.497 e. The van der Waals surface area contributed by atoms with Gasteiger partial charge in [0.15, 0.2) is 0 Å². The third-order valence-corrected chi connectivity index (χ3v) is 4.22. The van der Waals surface area contributed by atoms with Gasteiger partial charge in [0, 0.05) is 41.6 Å². The van der Waals surface area contributed by atoms with Gasteiger partial charge in [-0.3, -0.25) is 0 Å². The Kier molecular flexibility index (Phi) is 3.50. The summed E-state index contributed by atoms with van der Waals surface area (Å²) in [6.45, 7) is 0. The fourth-order valence-corrected chi connectivity index (χ4v) is 3.09. The molecule has 4 heteroatoms. The fourth-order valence-electron chi connectivity index (χ4n) is 3.09. The molecule has 0 spiro atoms. The number of hydrogen-bond donors (Lipinski definition) is 0. The first kappa shape index (κ1) is 14.5. The standard InChI is InChI=1S/C20H18N2O2/c1-23-15-7-8-16-17(13-15)18(21-9-3-4-10-21)14-19(24-2)20(16)22-11-5-6-12-22/h3-14H,1-2H3. The molecule has 0 atom stereocenters. The predicted molar refractivity (Wildman–Crippen MR) is 95.7 cm³/mol.